The molecule has 0 bridgehead atoms. The molecule has 20 heavy (non-hydrogen) atoms. The summed E-state index contributed by atoms with van der Waals surface area (Å²) in [6, 6.07) is 7.19. The topological polar surface area (TPSA) is 67.8 Å². The number of hydrogen-bond acceptors (Lipinski definition) is 3. The Balaban J connectivity index is 2.43. The monoisotopic (exact) mass is 298 g/mol. The van der Waals surface area contributed by atoms with Gasteiger partial charge in [-0.05, 0) is 30.3 Å². The molecule has 0 fully saturated rings. The minimum Gasteiger partial charge on any atom is -0.454 e. The fourth-order valence-electron chi connectivity index (χ4n) is 1.52. The van der Waals surface area contributed by atoms with Gasteiger partial charge in [0, 0.05) is 11.1 Å². The van der Waals surface area contributed by atoms with E-state index in [1.807, 2.05) is 0 Å². The predicted molar refractivity (Wildman–Crippen MR) is 70.4 cm³/mol. The minimum absolute atomic E-state index is 0.121. The van der Waals surface area contributed by atoms with Gasteiger partial charge in [0.05, 0.1) is 5.56 Å². The first-order chi connectivity index (χ1) is 9.51. The van der Waals surface area contributed by atoms with Crippen LogP contribution in [0, 0.1) is 11.6 Å². The first kappa shape index (κ1) is 14.1. The smallest absolute Gasteiger partial charge is 0.173 e. The molecule has 2 aromatic rings. The van der Waals surface area contributed by atoms with Crippen LogP contribution in [0.3, 0.4) is 0 Å². The summed E-state index contributed by atoms with van der Waals surface area (Å²) < 4.78 is 31.6. The highest BCUT2D eigenvalue weighted by Gasteiger charge is 2.13. The van der Waals surface area contributed by atoms with Crippen molar-refractivity contribution < 1.29 is 18.7 Å². The van der Waals surface area contributed by atoms with Crippen LogP contribution in [0.15, 0.2) is 41.6 Å². The molecule has 0 aliphatic heterocycles. The molecule has 4 nitrogen and oxygen atoms in total. The zero-order valence-electron chi connectivity index (χ0n) is 9.98. The number of amidine groups is 1. The van der Waals surface area contributed by atoms with Gasteiger partial charge in [-0.2, -0.15) is 0 Å². The van der Waals surface area contributed by atoms with Crippen molar-refractivity contribution in [2.75, 3.05) is 0 Å². The van der Waals surface area contributed by atoms with Gasteiger partial charge in [-0.3, -0.25) is 0 Å². The molecule has 7 heteroatoms. The molecule has 0 atom stereocenters. The number of benzene rings is 2. The van der Waals surface area contributed by atoms with Gasteiger partial charge in [-0.1, -0.05) is 16.8 Å². The third-order valence-corrected chi connectivity index (χ3v) is 2.67. The number of nitrogens with zero attached hydrogens (tertiary/aromatic N) is 1. The van der Waals surface area contributed by atoms with E-state index < -0.39 is 11.6 Å². The minimum atomic E-state index is -0.870. The highest BCUT2D eigenvalue weighted by molar-refractivity contribution is 6.31. The lowest BCUT2D eigenvalue weighted by Crippen LogP contribution is -2.14. The number of ether oxygens (including phenoxy) is 1. The van der Waals surface area contributed by atoms with Crippen molar-refractivity contribution >= 4 is 17.4 Å². The lowest BCUT2D eigenvalue weighted by Gasteiger charge is -2.11. The molecule has 2 aromatic carbocycles. The van der Waals surface area contributed by atoms with E-state index in [1.165, 1.54) is 18.2 Å². The molecule has 104 valence electrons. The Kier molecular flexibility index (Phi) is 4.05. The average molecular weight is 299 g/mol. The largest absolute Gasteiger partial charge is 0.454 e. The maximum Gasteiger partial charge on any atom is 0.173 e. The number of halogens is 3. The second-order valence-electron chi connectivity index (χ2n) is 3.80. The standard InChI is InChI=1S/C13H9ClF2N2O2/c14-7-1-3-11(9(5-7)13(17)18-19)20-12-4-2-8(15)6-10(12)16/h1-6,19H,(H2,17,18). The number of oxime groups is 1. The van der Waals surface area contributed by atoms with Gasteiger partial charge in [0.25, 0.3) is 0 Å². The summed E-state index contributed by atoms with van der Waals surface area (Å²) in [6.07, 6.45) is 0. The third-order valence-electron chi connectivity index (χ3n) is 2.44. The molecule has 0 saturated heterocycles. The summed E-state index contributed by atoms with van der Waals surface area (Å²) in [5, 5.41) is 11.9. The van der Waals surface area contributed by atoms with Gasteiger partial charge in [-0.15, -0.1) is 0 Å². The summed E-state index contributed by atoms with van der Waals surface area (Å²) in [6.45, 7) is 0. The Morgan fingerprint density at radius 3 is 2.50 bits per heavy atom. The van der Waals surface area contributed by atoms with Crippen LogP contribution in [0.1, 0.15) is 5.56 Å². The van der Waals surface area contributed by atoms with Gasteiger partial charge in [0.15, 0.2) is 17.4 Å². The maximum absolute atomic E-state index is 13.5. The molecule has 0 aliphatic carbocycles. The van der Waals surface area contributed by atoms with Crippen LogP contribution in [-0.2, 0) is 0 Å². The van der Waals surface area contributed by atoms with Crippen LogP contribution in [0.4, 0.5) is 8.78 Å². The molecular weight excluding hydrogens is 290 g/mol. The SMILES string of the molecule is NC(=NO)c1cc(Cl)ccc1Oc1ccc(F)cc1F. The van der Waals surface area contributed by atoms with Crippen LogP contribution in [0.25, 0.3) is 0 Å². The number of nitrogens with two attached hydrogens (primary N) is 1. The zero-order chi connectivity index (χ0) is 14.7. The van der Waals surface area contributed by atoms with E-state index in [-0.39, 0.29) is 22.9 Å². The second kappa shape index (κ2) is 5.75. The number of hydrogen-bond donors (Lipinski definition) is 2. The van der Waals surface area contributed by atoms with Crippen LogP contribution < -0.4 is 10.5 Å². The van der Waals surface area contributed by atoms with E-state index in [0.717, 1.165) is 12.1 Å². The molecular formula is C13H9ClF2N2O2. The van der Waals surface area contributed by atoms with Crippen LogP contribution in [0.5, 0.6) is 11.5 Å². The second-order valence-corrected chi connectivity index (χ2v) is 4.24. The number of rotatable bonds is 3. The fourth-order valence-corrected chi connectivity index (χ4v) is 1.69. The van der Waals surface area contributed by atoms with Crippen molar-refractivity contribution in [3.63, 3.8) is 0 Å². The van der Waals surface area contributed by atoms with E-state index in [1.54, 1.807) is 0 Å². The average Bonchev–Trinajstić information content (AvgIpc) is 2.42. The van der Waals surface area contributed by atoms with E-state index >= 15 is 0 Å². The Hall–Kier alpha value is -2.34. The van der Waals surface area contributed by atoms with E-state index in [4.69, 9.17) is 27.3 Å². The van der Waals surface area contributed by atoms with E-state index in [9.17, 15) is 8.78 Å². The summed E-state index contributed by atoms with van der Waals surface area (Å²) in [4.78, 5) is 0. The normalized spacial score (nSPS) is 11.4. The fraction of sp³-hybridized carbons (Fsp3) is 0. The van der Waals surface area contributed by atoms with Crippen LogP contribution in [0.2, 0.25) is 5.02 Å². The van der Waals surface area contributed by atoms with Gasteiger partial charge in [-0.25, -0.2) is 8.78 Å². The van der Waals surface area contributed by atoms with E-state index in [0.29, 0.717) is 11.1 Å². The quantitative estimate of drug-likeness (QED) is 0.394. The molecule has 0 aromatic heterocycles. The Labute approximate surface area is 118 Å². The lowest BCUT2D eigenvalue weighted by atomic mass is 10.2. The highest BCUT2D eigenvalue weighted by Crippen LogP contribution is 2.29. The maximum atomic E-state index is 13.5. The molecule has 0 heterocycles. The molecule has 0 radical (unpaired) electrons. The summed E-state index contributed by atoms with van der Waals surface area (Å²) in [5.74, 6) is -1.91. The molecule has 0 unspecified atom stereocenters. The highest BCUT2D eigenvalue weighted by atomic mass is 35.5. The van der Waals surface area contributed by atoms with Gasteiger partial charge >= 0.3 is 0 Å². The molecule has 0 amide bonds. The molecule has 2 rings (SSSR count). The molecule has 0 spiro atoms. The Morgan fingerprint density at radius 1 is 1.15 bits per heavy atom. The molecule has 0 saturated carbocycles. The molecule has 0 aliphatic rings. The lowest BCUT2D eigenvalue weighted by molar-refractivity contribution is 0.318. The summed E-state index contributed by atoms with van der Waals surface area (Å²) in [7, 11) is 0. The Morgan fingerprint density at radius 2 is 1.85 bits per heavy atom. The van der Waals surface area contributed by atoms with Crippen molar-refractivity contribution in [1.82, 2.24) is 0 Å². The predicted octanol–water partition coefficient (Wildman–Crippen LogP) is 3.51. The van der Waals surface area contributed by atoms with Crippen molar-refractivity contribution in [2.45, 2.75) is 0 Å². The van der Waals surface area contributed by atoms with Gasteiger partial charge < -0.3 is 15.7 Å². The third kappa shape index (κ3) is 2.97. The molecule has 3 N–H and O–H groups in total. The first-order valence-electron chi connectivity index (χ1n) is 5.41. The van der Waals surface area contributed by atoms with Gasteiger partial charge in [0.1, 0.15) is 11.6 Å². The van der Waals surface area contributed by atoms with Crippen molar-refractivity contribution in [3.8, 4) is 11.5 Å². The van der Waals surface area contributed by atoms with E-state index in [2.05, 4.69) is 5.16 Å². The van der Waals surface area contributed by atoms with Crippen molar-refractivity contribution in [1.29, 1.82) is 0 Å². The van der Waals surface area contributed by atoms with Gasteiger partial charge in [0.2, 0.25) is 0 Å². The summed E-state index contributed by atoms with van der Waals surface area (Å²) in [5.41, 5.74) is 5.67. The first-order valence-corrected chi connectivity index (χ1v) is 5.79. The zero-order valence-corrected chi connectivity index (χ0v) is 10.7. The van der Waals surface area contributed by atoms with Crippen molar-refractivity contribution in [3.05, 3.63) is 58.6 Å². The Bertz CT molecular complexity index is 677. The van der Waals surface area contributed by atoms with Crippen LogP contribution >= 0.6 is 11.6 Å². The van der Waals surface area contributed by atoms with Crippen molar-refractivity contribution in [2.24, 2.45) is 10.9 Å². The van der Waals surface area contributed by atoms with Crippen LogP contribution in [-0.4, -0.2) is 11.0 Å². The summed E-state index contributed by atoms with van der Waals surface area (Å²) >= 11 is 5.80.